The molecule has 2 N–H and O–H groups in total. The van der Waals surface area contributed by atoms with Gasteiger partial charge in [-0.3, -0.25) is 4.99 Å². The standard InChI is InChI=1S/C12H13N3/c1-11-5-3-8-7-14-6-4-9(12(8,11)2)15-10(11)13/h3-7H,1-2H3,(H2,13,15). The highest BCUT2D eigenvalue weighted by Crippen LogP contribution is 2.60. The second kappa shape index (κ2) is 2.30. The van der Waals surface area contributed by atoms with Crippen LogP contribution in [0.1, 0.15) is 13.8 Å². The van der Waals surface area contributed by atoms with Gasteiger partial charge in [-0.2, -0.15) is 0 Å². The Kier molecular flexibility index (Phi) is 1.32. The third kappa shape index (κ3) is 0.739. The predicted octanol–water partition coefficient (Wildman–Crippen LogP) is 1.79. The number of hydrogen-bond acceptors (Lipinski definition) is 3. The van der Waals surface area contributed by atoms with Gasteiger partial charge in [0, 0.05) is 12.4 Å². The molecule has 0 saturated carbocycles. The van der Waals surface area contributed by atoms with Crippen LogP contribution in [0.15, 0.2) is 45.7 Å². The van der Waals surface area contributed by atoms with Crippen LogP contribution in [0, 0.1) is 10.8 Å². The molecule has 3 nitrogen and oxygen atoms in total. The van der Waals surface area contributed by atoms with Crippen LogP contribution in [-0.4, -0.2) is 12.1 Å². The van der Waals surface area contributed by atoms with E-state index in [9.17, 15) is 0 Å². The van der Waals surface area contributed by atoms with E-state index < -0.39 is 0 Å². The van der Waals surface area contributed by atoms with Crippen LogP contribution < -0.4 is 5.73 Å². The quantitative estimate of drug-likeness (QED) is 0.635. The van der Waals surface area contributed by atoms with E-state index >= 15 is 0 Å². The molecule has 0 aromatic rings. The van der Waals surface area contributed by atoms with E-state index in [1.165, 1.54) is 5.57 Å². The summed E-state index contributed by atoms with van der Waals surface area (Å²) in [4.78, 5) is 8.68. The van der Waals surface area contributed by atoms with Crippen LogP contribution in [0.4, 0.5) is 0 Å². The summed E-state index contributed by atoms with van der Waals surface area (Å²) >= 11 is 0. The lowest BCUT2D eigenvalue weighted by Gasteiger charge is -2.34. The second-order valence-electron chi connectivity index (χ2n) is 4.59. The summed E-state index contributed by atoms with van der Waals surface area (Å²) in [7, 11) is 0. The van der Waals surface area contributed by atoms with Gasteiger partial charge in [0.1, 0.15) is 5.84 Å². The fourth-order valence-electron chi connectivity index (χ4n) is 2.62. The zero-order chi connectivity index (χ0) is 10.7. The zero-order valence-electron chi connectivity index (χ0n) is 8.86. The van der Waals surface area contributed by atoms with E-state index in [0.29, 0.717) is 5.84 Å². The van der Waals surface area contributed by atoms with Gasteiger partial charge in [-0.15, -0.1) is 0 Å². The molecule has 0 spiro atoms. The Balaban J connectivity index is 2.35. The number of rotatable bonds is 0. The number of hydrogen-bond donors (Lipinski definition) is 1. The summed E-state index contributed by atoms with van der Waals surface area (Å²) in [6.45, 7) is 4.32. The molecule has 0 amide bonds. The molecule has 0 aromatic heterocycles. The first kappa shape index (κ1) is 8.65. The third-order valence-electron chi connectivity index (χ3n) is 4.03. The molecular weight excluding hydrogens is 186 g/mol. The van der Waals surface area contributed by atoms with Crippen molar-refractivity contribution in [1.82, 2.24) is 0 Å². The Morgan fingerprint density at radius 3 is 2.93 bits per heavy atom. The molecule has 0 aromatic carbocycles. The molecule has 76 valence electrons. The maximum atomic E-state index is 6.03. The van der Waals surface area contributed by atoms with E-state index in [0.717, 1.165) is 5.70 Å². The summed E-state index contributed by atoms with van der Waals surface area (Å²) < 4.78 is 0. The Hall–Kier alpha value is -1.64. The van der Waals surface area contributed by atoms with Crippen molar-refractivity contribution in [3.05, 3.63) is 35.7 Å². The summed E-state index contributed by atoms with van der Waals surface area (Å²) in [5.41, 5.74) is 7.92. The van der Waals surface area contributed by atoms with Crippen molar-refractivity contribution in [2.75, 3.05) is 0 Å². The molecule has 0 radical (unpaired) electrons. The van der Waals surface area contributed by atoms with E-state index in [1.54, 1.807) is 6.21 Å². The van der Waals surface area contributed by atoms with Crippen molar-refractivity contribution < 1.29 is 0 Å². The number of allylic oxidation sites excluding steroid dienone is 3. The van der Waals surface area contributed by atoms with Gasteiger partial charge in [-0.05, 0) is 25.5 Å². The highest BCUT2D eigenvalue weighted by molar-refractivity contribution is 5.96. The van der Waals surface area contributed by atoms with Crippen molar-refractivity contribution in [1.29, 1.82) is 0 Å². The zero-order valence-corrected chi connectivity index (χ0v) is 8.86. The van der Waals surface area contributed by atoms with Crippen molar-refractivity contribution in [3.63, 3.8) is 0 Å². The maximum absolute atomic E-state index is 6.03. The summed E-state index contributed by atoms with van der Waals surface area (Å²) in [5, 5.41) is 0. The maximum Gasteiger partial charge on any atom is 0.110 e. The fraction of sp³-hybridized carbons (Fsp3) is 0.333. The first-order valence-electron chi connectivity index (χ1n) is 5.07. The molecule has 0 fully saturated rings. The second-order valence-corrected chi connectivity index (χ2v) is 4.59. The van der Waals surface area contributed by atoms with Gasteiger partial charge in [0.15, 0.2) is 0 Å². The van der Waals surface area contributed by atoms with E-state index in [1.807, 2.05) is 12.3 Å². The minimum absolute atomic E-state index is 0.131. The van der Waals surface area contributed by atoms with Crippen LogP contribution in [0.5, 0.6) is 0 Å². The van der Waals surface area contributed by atoms with Gasteiger partial charge in [0.25, 0.3) is 0 Å². The summed E-state index contributed by atoms with van der Waals surface area (Å²) in [6, 6.07) is 0. The SMILES string of the molecule is CC12C=CC3=CN=CC=C(N=C1N)C32C. The van der Waals surface area contributed by atoms with E-state index in [2.05, 4.69) is 36.0 Å². The monoisotopic (exact) mass is 199 g/mol. The van der Waals surface area contributed by atoms with E-state index in [4.69, 9.17) is 5.73 Å². The van der Waals surface area contributed by atoms with Crippen molar-refractivity contribution in [2.45, 2.75) is 13.8 Å². The molecule has 2 unspecified atom stereocenters. The average Bonchev–Trinajstić information content (AvgIpc) is 2.49. The molecule has 3 aliphatic rings. The number of amidine groups is 1. The van der Waals surface area contributed by atoms with Gasteiger partial charge in [-0.25, -0.2) is 4.99 Å². The van der Waals surface area contributed by atoms with Gasteiger partial charge < -0.3 is 5.73 Å². The predicted molar refractivity (Wildman–Crippen MR) is 61.6 cm³/mol. The Labute approximate surface area is 88.8 Å². The first-order chi connectivity index (χ1) is 7.09. The molecule has 2 aliphatic heterocycles. The molecule has 15 heavy (non-hydrogen) atoms. The van der Waals surface area contributed by atoms with Crippen molar-refractivity contribution in [2.24, 2.45) is 26.5 Å². The molecule has 2 atom stereocenters. The van der Waals surface area contributed by atoms with Crippen LogP contribution in [0.3, 0.4) is 0 Å². The lowest BCUT2D eigenvalue weighted by Crippen LogP contribution is -2.39. The van der Waals surface area contributed by atoms with E-state index in [-0.39, 0.29) is 10.8 Å². The Bertz CT molecular complexity index is 493. The third-order valence-corrected chi connectivity index (χ3v) is 4.03. The lowest BCUT2D eigenvalue weighted by molar-refractivity contribution is 0.344. The van der Waals surface area contributed by atoms with Gasteiger partial charge in [0.2, 0.25) is 0 Å². The van der Waals surface area contributed by atoms with Crippen LogP contribution >= 0.6 is 0 Å². The minimum Gasteiger partial charge on any atom is -0.386 e. The van der Waals surface area contributed by atoms with Gasteiger partial charge in [0.05, 0.1) is 16.5 Å². The molecular formula is C12H13N3. The van der Waals surface area contributed by atoms with Crippen molar-refractivity contribution in [3.8, 4) is 0 Å². The molecule has 0 saturated heterocycles. The highest BCUT2D eigenvalue weighted by Gasteiger charge is 2.57. The molecule has 3 rings (SSSR count). The van der Waals surface area contributed by atoms with Crippen LogP contribution in [-0.2, 0) is 0 Å². The summed E-state index contributed by atoms with van der Waals surface area (Å²) in [5.74, 6) is 0.700. The molecule has 3 heteroatoms. The van der Waals surface area contributed by atoms with Crippen molar-refractivity contribution >= 4 is 12.1 Å². The molecule has 2 heterocycles. The number of aliphatic imine (C=N–C) groups is 2. The Morgan fingerprint density at radius 2 is 2.13 bits per heavy atom. The smallest absolute Gasteiger partial charge is 0.110 e. The summed E-state index contributed by atoms with van der Waals surface area (Å²) in [6.07, 6.45) is 9.88. The lowest BCUT2D eigenvalue weighted by atomic mass is 9.65. The molecule has 0 bridgehead atoms. The fourth-order valence-corrected chi connectivity index (χ4v) is 2.62. The first-order valence-corrected chi connectivity index (χ1v) is 5.07. The number of nitrogens with two attached hydrogens (primary N) is 1. The van der Waals surface area contributed by atoms with Crippen LogP contribution in [0.2, 0.25) is 0 Å². The number of nitrogens with zero attached hydrogens (tertiary/aromatic N) is 2. The minimum atomic E-state index is -0.182. The van der Waals surface area contributed by atoms with Crippen LogP contribution in [0.25, 0.3) is 0 Å². The highest BCUT2D eigenvalue weighted by atomic mass is 15.0. The largest absolute Gasteiger partial charge is 0.386 e. The topological polar surface area (TPSA) is 50.7 Å². The molecule has 1 aliphatic carbocycles. The average molecular weight is 199 g/mol. The van der Waals surface area contributed by atoms with Gasteiger partial charge >= 0.3 is 0 Å². The Morgan fingerprint density at radius 1 is 1.33 bits per heavy atom. The normalized spacial score (nSPS) is 40.8. The van der Waals surface area contributed by atoms with Gasteiger partial charge in [-0.1, -0.05) is 12.2 Å².